The van der Waals surface area contributed by atoms with Gasteiger partial charge < -0.3 is 15.5 Å². The molecule has 0 fully saturated rings. The summed E-state index contributed by atoms with van der Waals surface area (Å²) in [6.45, 7) is 3.55. The highest BCUT2D eigenvalue weighted by atomic mass is 35.5. The summed E-state index contributed by atoms with van der Waals surface area (Å²) in [5, 5.41) is 7.76. The number of halogens is 1. The number of hydrogen-bond acceptors (Lipinski definition) is 4. The minimum atomic E-state index is -0.719. The second kappa shape index (κ2) is 9.53. The molecule has 6 nitrogen and oxygen atoms in total. The molecule has 0 spiro atoms. The average molecular weight is 408 g/mol. The van der Waals surface area contributed by atoms with Gasteiger partial charge in [0, 0.05) is 17.8 Å². The molecule has 144 valence electrons. The molecule has 8 heteroatoms. The number of carbonyl (C=O) groups excluding carboxylic acids is 3. The third-order valence-electron chi connectivity index (χ3n) is 3.83. The Morgan fingerprint density at radius 3 is 2.52 bits per heavy atom. The topological polar surface area (TPSA) is 78.5 Å². The van der Waals surface area contributed by atoms with Gasteiger partial charge in [0.05, 0.1) is 11.4 Å². The van der Waals surface area contributed by atoms with E-state index in [1.807, 2.05) is 13.8 Å². The van der Waals surface area contributed by atoms with Crippen LogP contribution in [0.2, 0.25) is 5.02 Å². The fraction of sp³-hybridized carbons (Fsp3) is 0.316. The van der Waals surface area contributed by atoms with E-state index in [0.717, 1.165) is 0 Å². The van der Waals surface area contributed by atoms with Crippen LogP contribution >= 0.6 is 22.9 Å². The van der Waals surface area contributed by atoms with Crippen LogP contribution in [0.1, 0.15) is 23.5 Å². The molecular formula is C19H22ClN3O3S. The zero-order chi connectivity index (χ0) is 20.0. The first-order chi connectivity index (χ1) is 12.8. The van der Waals surface area contributed by atoms with Crippen molar-refractivity contribution in [2.75, 3.05) is 18.9 Å². The maximum atomic E-state index is 12.7. The summed E-state index contributed by atoms with van der Waals surface area (Å²) in [4.78, 5) is 39.1. The highest BCUT2D eigenvalue weighted by Gasteiger charge is 2.28. The third kappa shape index (κ3) is 6.08. The lowest BCUT2D eigenvalue weighted by molar-refractivity contribution is -0.135. The van der Waals surface area contributed by atoms with E-state index in [1.54, 1.807) is 41.8 Å². The number of likely N-dealkylation sites (N-methyl/N-ethyl adjacent to an activating group) is 1. The van der Waals surface area contributed by atoms with Gasteiger partial charge in [0.1, 0.15) is 6.04 Å². The first kappa shape index (κ1) is 20.9. The van der Waals surface area contributed by atoms with Crippen molar-refractivity contribution in [2.45, 2.75) is 19.9 Å². The molecular weight excluding hydrogens is 386 g/mol. The lowest BCUT2D eigenvalue weighted by atomic mass is 10.0. The van der Waals surface area contributed by atoms with Crippen LogP contribution in [0.4, 0.5) is 5.69 Å². The summed E-state index contributed by atoms with van der Waals surface area (Å²) in [5.41, 5.74) is 0.555. The van der Waals surface area contributed by atoms with E-state index in [0.29, 0.717) is 15.6 Å². The predicted octanol–water partition coefficient (Wildman–Crippen LogP) is 3.25. The Morgan fingerprint density at radius 1 is 1.19 bits per heavy atom. The standard InChI is InChI=1S/C19H22ClN3O3S/c1-12(2)17(22-18(25)15-8-5-9-27-15)19(26)23(3)11-16(24)21-14-7-4-6-13(20)10-14/h4-10,12,17H,11H2,1-3H3,(H,21,24)(H,22,25). The molecule has 0 saturated carbocycles. The molecule has 27 heavy (non-hydrogen) atoms. The number of benzene rings is 1. The van der Waals surface area contributed by atoms with Gasteiger partial charge in [0.25, 0.3) is 5.91 Å². The quantitative estimate of drug-likeness (QED) is 0.739. The van der Waals surface area contributed by atoms with E-state index in [2.05, 4.69) is 10.6 Å². The Kier molecular flexibility index (Phi) is 7.38. The van der Waals surface area contributed by atoms with Crippen LogP contribution in [-0.2, 0) is 9.59 Å². The van der Waals surface area contributed by atoms with Gasteiger partial charge in [-0.15, -0.1) is 11.3 Å². The van der Waals surface area contributed by atoms with E-state index in [9.17, 15) is 14.4 Å². The van der Waals surface area contributed by atoms with Crippen LogP contribution < -0.4 is 10.6 Å². The van der Waals surface area contributed by atoms with Crippen LogP contribution in [-0.4, -0.2) is 42.3 Å². The third-order valence-corrected chi connectivity index (χ3v) is 4.93. The van der Waals surface area contributed by atoms with E-state index in [1.165, 1.54) is 23.3 Å². The van der Waals surface area contributed by atoms with Crippen molar-refractivity contribution in [3.63, 3.8) is 0 Å². The van der Waals surface area contributed by atoms with Crippen molar-refractivity contribution in [2.24, 2.45) is 5.92 Å². The zero-order valence-electron chi connectivity index (χ0n) is 15.4. The molecule has 1 aromatic heterocycles. The van der Waals surface area contributed by atoms with Gasteiger partial charge in [-0.3, -0.25) is 14.4 Å². The van der Waals surface area contributed by atoms with Gasteiger partial charge in [-0.2, -0.15) is 0 Å². The number of carbonyl (C=O) groups is 3. The van der Waals surface area contributed by atoms with Gasteiger partial charge >= 0.3 is 0 Å². The molecule has 0 aliphatic heterocycles. The van der Waals surface area contributed by atoms with Crippen molar-refractivity contribution < 1.29 is 14.4 Å². The van der Waals surface area contributed by atoms with Gasteiger partial charge in [0.15, 0.2) is 0 Å². The monoisotopic (exact) mass is 407 g/mol. The van der Waals surface area contributed by atoms with E-state index in [-0.39, 0.29) is 30.2 Å². The fourth-order valence-electron chi connectivity index (χ4n) is 2.43. The number of rotatable bonds is 7. The van der Waals surface area contributed by atoms with Crippen LogP contribution in [0.3, 0.4) is 0 Å². The number of thiophene rings is 1. The van der Waals surface area contributed by atoms with Crippen LogP contribution in [0.25, 0.3) is 0 Å². The van der Waals surface area contributed by atoms with E-state index in [4.69, 9.17) is 11.6 Å². The second-order valence-electron chi connectivity index (χ2n) is 6.43. The smallest absolute Gasteiger partial charge is 0.262 e. The number of anilines is 1. The molecule has 2 rings (SSSR count). The predicted molar refractivity (Wildman–Crippen MR) is 108 cm³/mol. The number of nitrogens with one attached hydrogen (secondary N) is 2. The maximum Gasteiger partial charge on any atom is 0.262 e. The van der Waals surface area contributed by atoms with Crippen LogP contribution in [0, 0.1) is 5.92 Å². The summed E-state index contributed by atoms with van der Waals surface area (Å²) < 4.78 is 0. The van der Waals surface area contributed by atoms with E-state index >= 15 is 0 Å². The number of nitrogens with zero attached hydrogens (tertiary/aromatic N) is 1. The summed E-state index contributed by atoms with van der Waals surface area (Å²) in [6, 6.07) is 9.52. The lowest BCUT2D eigenvalue weighted by Crippen LogP contribution is -2.51. The molecule has 0 aliphatic carbocycles. The largest absolute Gasteiger partial charge is 0.339 e. The second-order valence-corrected chi connectivity index (χ2v) is 7.81. The van der Waals surface area contributed by atoms with Gasteiger partial charge in [-0.05, 0) is 35.6 Å². The molecule has 0 bridgehead atoms. The number of amides is 3. The Labute approximate surface area is 167 Å². The lowest BCUT2D eigenvalue weighted by Gasteiger charge is -2.26. The number of hydrogen-bond donors (Lipinski definition) is 2. The SMILES string of the molecule is CC(C)C(NC(=O)c1cccs1)C(=O)N(C)CC(=O)Nc1cccc(Cl)c1. The van der Waals surface area contributed by atoms with Crippen LogP contribution in [0.15, 0.2) is 41.8 Å². The molecule has 0 aliphatic rings. The first-order valence-electron chi connectivity index (χ1n) is 8.42. The summed E-state index contributed by atoms with van der Waals surface area (Å²) in [6.07, 6.45) is 0. The fourth-order valence-corrected chi connectivity index (χ4v) is 3.25. The summed E-state index contributed by atoms with van der Waals surface area (Å²) >= 11 is 7.20. The Balaban J connectivity index is 1.97. The molecule has 0 saturated heterocycles. The van der Waals surface area contributed by atoms with Gasteiger partial charge in [-0.25, -0.2) is 0 Å². The molecule has 2 aromatic rings. The van der Waals surface area contributed by atoms with Crippen molar-refractivity contribution in [1.82, 2.24) is 10.2 Å². The first-order valence-corrected chi connectivity index (χ1v) is 9.68. The van der Waals surface area contributed by atoms with Gasteiger partial charge in [0.2, 0.25) is 11.8 Å². The normalized spacial score (nSPS) is 11.7. The molecule has 2 N–H and O–H groups in total. The molecule has 1 atom stereocenters. The summed E-state index contributed by atoms with van der Waals surface area (Å²) in [5.74, 6) is -1.09. The van der Waals surface area contributed by atoms with Crippen molar-refractivity contribution in [3.8, 4) is 0 Å². The van der Waals surface area contributed by atoms with Crippen molar-refractivity contribution >= 4 is 46.3 Å². The Hall–Kier alpha value is -2.38. The highest BCUT2D eigenvalue weighted by molar-refractivity contribution is 7.12. The Bertz CT molecular complexity index is 808. The Morgan fingerprint density at radius 2 is 1.93 bits per heavy atom. The zero-order valence-corrected chi connectivity index (χ0v) is 16.9. The van der Waals surface area contributed by atoms with E-state index < -0.39 is 6.04 Å². The molecule has 0 radical (unpaired) electrons. The minimum absolute atomic E-state index is 0.125. The molecule has 3 amide bonds. The highest BCUT2D eigenvalue weighted by Crippen LogP contribution is 2.15. The van der Waals surface area contributed by atoms with Crippen LogP contribution in [0.5, 0.6) is 0 Å². The average Bonchev–Trinajstić information content (AvgIpc) is 3.13. The van der Waals surface area contributed by atoms with Crippen molar-refractivity contribution in [3.05, 3.63) is 51.7 Å². The molecule has 1 heterocycles. The minimum Gasteiger partial charge on any atom is -0.339 e. The maximum absolute atomic E-state index is 12.7. The molecule has 1 aromatic carbocycles. The van der Waals surface area contributed by atoms with Gasteiger partial charge in [-0.1, -0.05) is 37.6 Å². The van der Waals surface area contributed by atoms with Crippen molar-refractivity contribution in [1.29, 1.82) is 0 Å². The molecule has 1 unspecified atom stereocenters. The summed E-state index contributed by atoms with van der Waals surface area (Å²) in [7, 11) is 1.53.